The molecule has 14 heteroatoms. The van der Waals surface area contributed by atoms with Crippen molar-refractivity contribution in [3.63, 3.8) is 0 Å². The van der Waals surface area contributed by atoms with Crippen LogP contribution in [0, 0.1) is 0 Å². The van der Waals surface area contributed by atoms with Gasteiger partial charge in [-0.05, 0) is 95.5 Å². The largest absolute Gasteiger partial charge is 0.480 e. The molecule has 0 aliphatic heterocycles. The Hall–Kier alpha value is -4.01. The van der Waals surface area contributed by atoms with Crippen molar-refractivity contribution in [3.05, 3.63) is 36.0 Å². The van der Waals surface area contributed by atoms with Gasteiger partial charge in [-0.1, -0.05) is 76.5 Å². The normalized spacial score (nSPS) is 13.5. The van der Waals surface area contributed by atoms with Gasteiger partial charge in [0.25, 0.3) is 0 Å². The fourth-order valence-corrected chi connectivity index (χ4v) is 6.68. The lowest BCUT2D eigenvalue weighted by Crippen LogP contribution is -2.58. The van der Waals surface area contributed by atoms with E-state index in [1.165, 1.54) is 32.1 Å². The van der Waals surface area contributed by atoms with Crippen LogP contribution >= 0.6 is 0 Å². The third-order valence-corrected chi connectivity index (χ3v) is 9.98. The lowest BCUT2D eigenvalue weighted by molar-refractivity contribution is -0.142. The maximum Gasteiger partial charge on any atom is 0.326 e. The third kappa shape index (κ3) is 18.9. The number of hydrogen-bond donors (Lipinski definition) is 9. The van der Waals surface area contributed by atoms with Crippen molar-refractivity contribution >= 4 is 40.5 Å². The highest BCUT2D eigenvalue weighted by molar-refractivity contribution is 5.95. The summed E-state index contributed by atoms with van der Waals surface area (Å²) < 4.78 is 0. The number of para-hydroxylation sites is 1. The fraction of sp³-hybridized carbons (Fsp3) is 0.683. The predicted octanol–water partition coefficient (Wildman–Crippen LogP) is 4.04. The van der Waals surface area contributed by atoms with Gasteiger partial charge < -0.3 is 48.6 Å². The first kappa shape index (κ1) is 47.1. The van der Waals surface area contributed by atoms with Gasteiger partial charge in [0.05, 0.1) is 0 Å². The van der Waals surface area contributed by atoms with Crippen LogP contribution in [0.5, 0.6) is 0 Å². The number of amides is 4. The molecular weight excluding hydrogens is 701 g/mol. The summed E-state index contributed by atoms with van der Waals surface area (Å²) >= 11 is 0. The highest BCUT2D eigenvalue weighted by Crippen LogP contribution is 2.20. The fourth-order valence-electron chi connectivity index (χ4n) is 6.68. The minimum Gasteiger partial charge on any atom is -0.480 e. The van der Waals surface area contributed by atoms with Crippen molar-refractivity contribution in [1.29, 1.82) is 0 Å². The molecule has 1 aromatic carbocycles. The summed E-state index contributed by atoms with van der Waals surface area (Å²) in [4.78, 5) is 69.9. The highest BCUT2D eigenvalue weighted by atomic mass is 16.4. The number of unbranched alkanes of at least 4 members (excludes halogenated alkanes) is 11. The SMILES string of the molecule is CCCCCCCCCCCC(=O)N[C@@H](CCCCN)C(=O)N[C@@H](CCCCN)C(=O)N[C@@H](Cc1c[nH]c2ccccc12)C(=O)N[C@@H](CCCCN)C(=O)O. The van der Waals surface area contributed by atoms with Crippen LogP contribution in [0.1, 0.15) is 134 Å². The van der Waals surface area contributed by atoms with Gasteiger partial charge in [0.1, 0.15) is 24.2 Å². The van der Waals surface area contributed by atoms with E-state index in [1.807, 2.05) is 24.3 Å². The highest BCUT2D eigenvalue weighted by Gasteiger charge is 2.31. The molecule has 0 spiro atoms. The summed E-state index contributed by atoms with van der Waals surface area (Å²) in [5, 5.41) is 21.9. The first-order valence-corrected chi connectivity index (χ1v) is 20.7. The molecule has 4 atom stereocenters. The minimum atomic E-state index is -1.19. The molecule has 55 heavy (non-hydrogen) atoms. The van der Waals surface area contributed by atoms with Gasteiger partial charge in [0.15, 0.2) is 0 Å². The van der Waals surface area contributed by atoms with Crippen LogP contribution in [0.25, 0.3) is 10.9 Å². The number of aromatic amines is 1. The second-order valence-electron chi connectivity index (χ2n) is 14.6. The van der Waals surface area contributed by atoms with E-state index in [-0.39, 0.29) is 25.2 Å². The van der Waals surface area contributed by atoms with Crippen LogP contribution in [0.15, 0.2) is 30.5 Å². The smallest absolute Gasteiger partial charge is 0.326 e. The van der Waals surface area contributed by atoms with E-state index < -0.39 is 47.9 Å². The molecule has 0 bridgehead atoms. The molecule has 0 aliphatic carbocycles. The summed E-state index contributed by atoms with van der Waals surface area (Å²) in [7, 11) is 0. The van der Waals surface area contributed by atoms with Crippen LogP contribution < -0.4 is 38.5 Å². The van der Waals surface area contributed by atoms with E-state index in [9.17, 15) is 29.1 Å². The average Bonchev–Trinajstić information content (AvgIpc) is 3.58. The Balaban J connectivity index is 2.20. The van der Waals surface area contributed by atoms with Crippen LogP contribution in [0.3, 0.4) is 0 Å². The average molecular weight is 771 g/mol. The molecule has 4 amide bonds. The number of carboxylic acids is 1. The van der Waals surface area contributed by atoms with E-state index in [0.29, 0.717) is 71.0 Å². The van der Waals surface area contributed by atoms with E-state index in [0.717, 1.165) is 42.1 Å². The van der Waals surface area contributed by atoms with Gasteiger partial charge in [0.2, 0.25) is 23.6 Å². The standard InChI is InChI=1S/C41H70N8O6/c1-2-3-4-5-6-7-8-9-10-24-37(50)46-33(21-13-16-25-42)38(51)47-34(22-14-17-26-43)39(52)49-36(28-30-29-45-32-20-12-11-19-31(30)32)40(53)48-35(41(54)55)23-15-18-27-44/h11-12,19-20,29,33-36,45H,2-10,13-18,21-28,42-44H2,1H3,(H,46,50)(H,47,51)(H,48,53)(H,49,52)(H,54,55)/t33-,34-,35-,36-/m0/s1. The lowest BCUT2D eigenvalue weighted by atomic mass is 10.0. The molecule has 0 unspecified atom stereocenters. The molecule has 0 fully saturated rings. The van der Waals surface area contributed by atoms with Crippen molar-refractivity contribution in [2.24, 2.45) is 17.2 Å². The molecule has 12 N–H and O–H groups in total. The Labute approximate surface area is 327 Å². The zero-order chi connectivity index (χ0) is 40.3. The van der Waals surface area contributed by atoms with Crippen LogP contribution in [-0.4, -0.2) is 83.5 Å². The summed E-state index contributed by atoms with van der Waals surface area (Å²) in [5.74, 6) is -3.14. The third-order valence-electron chi connectivity index (χ3n) is 9.98. The van der Waals surface area contributed by atoms with Gasteiger partial charge in [-0.2, -0.15) is 0 Å². The summed E-state index contributed by atoms with van der Waals surface area (Å²) in [6.45, 7) is 3.44. The number of hydrogen-bond acceptors (Lipinski definition) is 8. The van der Waals surface area contributed by atoms with Crippen molar-refractivity contribution in [2.75, 3.05) is 19.6 Å². The molecular formula is C41H70N8O6. The van der Waals surface area contributed by atoms with Gasteiger partial charge in [-0.3, -0.25) is 19.2 Å². The predicted molar refractivity (Wildman–Crippen MR) is 218 cm³/mol. The molecule has 2 rings (SSSR count). The van der Waals surface area contributed by atoms with Crippen LogP contribution in [0.2, 0.25) is 0 Å². The number of fused-ring (bicyclic) bond motifs is 1. The van der Waals surface area contributed by atoms with Crippen LogP contribution in [0.4, 0.5) is 0 Å². The van der Waals surface area contributed by atoms with Gasteiger partial charge in [-0.15, -0.1) is 0 Å². The Morgan fingerprint density at radius 3 is 1.64 bits per heavy atom. The maximum atomic E-state index is 14.0. The molecule has 1 heterocycles. The number of aromatic nitrogens is 1. The Bertz CT molecular complexity index is 1420. The number of nitrogens with two attached hydrogens (primary N) is 3. The topological polar surface area (TPSA) is 248 Å². The molecule has 0 saturated heterocycles. The molecule has 310 valence electrons. The Morgan fingerprint density at radius 2 is 1.07 bits per heavy atom. The monoisotopic (exact) mass is 771 g/mol. The van der Waals surface area contributed by atoms with Crippen molar-refractivity contribution in [1.82, 2.24) is 26.3 Å². The van der Waals surface area contributed by atoms with Crippen molar-refractivity contribution in [3.8, 4) is 0 Å². The van der Waals surface area contributed by atoms with E-state index in [1.54, 1.807) is 6.20 Å². The molecule has 0 saturated carbocycles. The maximum absolute atomic E-state index is 14.0. The zero-order valence-corrected chi connectivity index (χ0v) is 33.2. The molecule has 0 radical (unpaired) electrons. The molecule has 0 aliphatic rings. The van der Waals surface area contributed by atoms with E-state index in [4.69, 9.17) is 17.2 Å². The second-order valence-corrected chi connectivity index (χ2v) is 14.6. The number of aliphatic carboxylic acids is 1. The minimum absolute atomic E-state index is 0.0663. The van der Waals surface area contributed by atoms with E-state index >= 15 is 0 Å². The molecule has 2 aromatic rings. The number of benzene rings is 1. The first-order valence-electron chi connectivity index (χ1n) is 20.7. The Morgan fingerprint density at radius 1 is 0.600 bits per heavy atom. The Kier molecular flexibility index (Phi) is 24.3. The number of carbonyl (C=O) groups excluding carboxylic acids is 4. The zero-order valence-electron chi connectivity index (χ0n) is 33.2. The van der Waals surface area contributed by atoms with E-state index in [2.05, 4.69) is 33.2 Å². The number of rotatable bonds is 32. The van der Waals surface area contributed by atoms with Gasteiger partial charge >= 0.3 is 5.97 Å². The number of nitrogens with one attached hydrogen (secondary N) is 5. The van der Waals surface area contributed by atoms with Gasteiger partial charge in [0, 0.05) is 29.9 Å². The summed E-state index contributed by atoms with van der Waals surface area (Å²) in [6, 6.07) is 3.31. The number of carbonyl (C=O) groups is 5. The van der Waals surface area contributed by atoms with Crippen molar-refractivity contribution < 1.29 is 29.1 Å². The lowest BCUT2D eigenvalue weighted by Gasteiger charge is -2.26. The quantitative estimate of drug-likeness (QED) is 0.0487. The first-order chi connectivity index (χ1) is 26.6. The van der Waals surface area contributed by atoms with Crippen molar-refractivity contribution in [2.45, 2.75) is 160 Å². The molecule has 1 aromatic heterocycles. The number of H-pyrrole nitrogens is 1. The van der Waals surface area contributed by atoms with Crippen LogP contribution in [-0.2, 0) is 30.4 Å². The summed E-state index contributed by atoms with van der Waals surface area (Å²) in [5.41, 5.74) is 18.7. The molecule has 14 nitrogen and oxygen atoms in total. The second kappa shape index (κ2) is 28.4. The summed E-state index contributed by atoms with van der Waals surface area (Å²) in [6.07, 6.45) is 16.6. The number of carboxylic acid groups (broad SMARTS) is 1. The van der Waals surface area contributed by atoms with Gasteiger partial charge in [-0.25, -0.2) is 4.79 Å².